The Bertz CT molecular complexity index is 1420. The van der Waals surface area contributed by atoms with Crippen molar-refractivity contribution in [2.24, 2.45) is 0 Å². The number of aromatic nitrogens is 1. The van der Waals surface area contributed by atoms with E-state index in [1.165, 1.54) is 11.1 Å². The van der Waals surface area contributed by atoms with Crippen molar-refractivity contribution in [2.45, 2.75) is 20.1 Å². The predicted octanol–water partition coefficient (Wildman–Crippen LogP) is 6.53. The second kappa shape index (κ2) is 8.99. The number of nitrogens with zero attached hydrogens (tertiary/aromatic N) is 1. The van der Waals surface area contributed by atoms with E-state index in [0.29, 0.717) is 0 Å². The van der Waals surface area contributed by atoms with Gasteiger partial charge in [-0.3, -0.25) is 4.98 Å². The summed E-state index contributed by atoms with van der Waals surface area (Å²) in [6.45, 7) is 1.78. The van der Waals surface area contributed by atoms with Gasteiger partial charge in [0, 0.05) is 16.6 Å². The molecule has 0 saturated heterocycles. The van der Waals surface area contributed by atoms with Crippen molar-refractivity contribution < 1.29 is 10.2 Å². The highest BCUT2D eigenvalue weighted by atomic mass is 16.3. The van der Waals surface area contributed by atoms with E-state index in [0.717, 1.165) is 50.0 Å². The third kappa shape index (κ3) is 4.17. The van der Waals surface area contributed by atoms with Crippen LogP contribution in [0.3, 0.4) is 0 Å². The van der Waals surface area contributed by atoms with E-state index in [9.17, 15) is 10.2 Å². The van der Waals surface area contributed by atoms with E-state index >= 15 is 0 Å². The lowest BCUT2D eigenvalue weighted by Gasteiger charge is -2.12. The molecule has 0 saturated carbocycles. The van der Waals surface area contributed by atoms with Crippen molar-refractivity contribution in [2.75, 3.05) is 0 Å². The second-order valence-corrected chi connectivity index (χ2v) is 8.28. The zero-order valence-corrected chi connectivity index (χ0v) is 18.5. The maximum absolute atomic E-state index is 9.69. The van der Waals surface area contributed by atoms with Crippen molar-refractivity contribution in [3.8, 4) is 33.5 Å². The fraction of sp³-hybridized carbons (Fsp3) is 0.100. The molecule has 1 aromatic heterocycles. The summed E-state index contributed by atoms with van der Waals surface area (Å²) < 4.78 is 0. The van der Waals surface area contributed by atoms with Gasteiger partial charge in [0.25, 0.3) is 0 Å². The number of pyridine rings is 1. The minimum Gasteiger partial charge on any atom is -0.392 e. The Labute approximate surface area is 193 Å². The van der Waals surface area contributed by atoms with Crippen LogP contribution >= 0.6 is 0 Å². The van der Waals surface area contributed by atoms with Crippen LogP contribution in [0.25, 0.3) is 44.3 Å². The van der Waals surface area contributed by atoms with Crippen molar-refractivity contribution in [3.63, 3.8) is 0 Å². The molecule has 1 heterocycles. The zero-order chi connectivity index (χ0) is 22.8. The van der Waals surface area contributed by atoms with Crippen LogP contribution in [0.1, 0.15) is 16.8 Å². The molecule has 0 fully saturated rings. The van der Waals surface area contributed by atoms with Gasteiger partial charge in [-0.1, -0.05) is 72.8 Å². The van der Waals surface area contributed by atoms with Gasteiger partial charge in [-0.05, 0) is 70.0 Å². The summed E-state index contributed by atoms with van der Waals surface area (Å²) in [5.41, 5.74) is 9.02. The molecule has 4 aromatic carbocycles. The molecule has 5 rings (SSSR count). The summed E-state index contributed by atoms with van der Waals surface area (Å²) in [5.74, 6) is 0. The lowest BCUT2D eigenvalue weighted by Crippen LogP contribution is -1.97. The normalized spacial score (nSPS) is 11.1. The molecular weight excluding hydrogens is 406 g/mol. The topological polar surface area (TPSA) is 53.4 Å². The van der Waals surface area contributed by atoms with Crippen molar-refractivity contribution >= 4 is 10.8 Å². The lowest BCUT2D eigenvalue weighted by atomic mass is 9.97. The van der Waals surface area contributed by atoms with Gasteiger partial charge >= 0.3 is 0 Å². The smallest absolute Gasteiger partial charge is 0.0711 e. The van der Waals surface area contributed by atoms with Gasteiger partial charge in [0.15, 0.2) is 0 Å². The first-order valence-corrected chi connectivity index (χ1v) is 11.1. The molecule has 3 heteroatoms. The maximum atomic E-state index is 9.69. The van der Waals surface area contributed by atoms with Crippen LogP contribution in [-0.4, -0.2) is 15.2 Å². The lowest BCUT2D eigenvalue weighted by molar-refractivity contribution is 0.260. The summed E-state index contributed by atoms with van der Waals surface area (Å²) in [6.07, 6.45) is 0. The van der Waals surface area contributed by atoms with Gasteiger partial charge < -0.3 is 10.2 Å². The van der Waals surface area contributed by atoms with Crippen LogP contribution in [0.15, 0.2) is 97.1 Å². The Morgan fingerprint density at radius 2 is 1.15 bits per heavy atom. The Hall–Kier alpha value is -3.79. The van der Waals surface area contributed by atoms with E-state index in [1.54, 1.807) is 0 Å². The number of hydrogen-bond donors (Lipinski definition) is 2. The molecule has 0 radical (unpaired) electrons. The van der Waals surface area contributed by atoms with Gasteiger partial charge in [-0.25, -0.2) is 0 Å². The predicted molar refractivity (Wildman–Crippen MR) is 135 cm³/mol. The molecule has 0 aliphatic heterocycles. The highest BCUT2D eigenvalue weighted by Gasteiger charge is 2.10. The van der Waals surface area contributed by atoms with Crippen LogP contribution < -0.4 is 0 Å². The van der Waals surface area contributed by atoms with Crippen LogP contribution in [0.4, 0.5) is 0 Å². The monoisotopic (exact) mass is 431 g/mol. The number of fused-ring (bicyclic) bond motifs is 1. The molecule has 0 spiro atoms. The fourth-order valence-electron chi connectivity index (χ4n) is 4.35. The summed E-state index contributed by atoms with van der Waals surface area (Å²) in [5, 5.41) is 21.3. The Morgan fingerprint density at radius 3 is 1.85 bits per heavy atom. The van der Waals surface area contributed by atoms with E-state index in [1.807, 2.05) is 25.1 Å². The highest BCUT2D eigenvalue weighted by molar-refractivity contribution is 5.89. The van der Waals surface area contributed by atoms with Gasteiger partial charge in [-0.15, -0.1) is 0 Å². The number of aliphatic hydroxyl groups is 2. The molecular formula is C30H25NO2. The number of aliphatic hydroxyl groups excluding tert-OH is 2. The van der Waals surface area contributed by atoms with Crippen LogP contribution in [-0.2, 0) is 13.2 Å². The largest absolute Gasteiger partial charge is 0.392 e. The third-order valence-corrected chi connectivity index (χ3v) is 6.17. The van der Waals surface area contributed by atoms with Crippen LogP contribution in [0, 0.1) is 6.92 Å². The van der Waals surface area contributed by atoms with E-state index in [2.05, 4.69) is 78.9 Å². The molecule has 0 unspecified atom stereocenters. The van der Waals surface area contributed by atoms with Crippen LogP contribution in [0.2, 0.25) is 0 Å². The first-order valence-electron chi connectivity index (χ1n) is 11.1. The molecule has 0 aliphatic carbocycles. The molecule has 0 amide bonds. The van der Waals surface area contributed by atoms with Crippen molar-refractivity contribution in [3.05, 3.63) is 114 Å². The molecule has 162 valence electrons. The van der Waals surface area contributed by atoms with Gasteiger partial charge in [0.1, 0.15) is 0 Å². The van der Waals surface area contributed by atoms with Crippen molar-refractivity contribution in [1.82, 2.24) is 4.98 Å². The number of hydrogen-bond acceptors (Lipinski definition) is 3. The average Bonchev–Trinajstić information content (AvgIpc) is 2.88. The zero-order valence-electron chi connectivity index (χ0n) is 18.5. The van der Waals surface area contributed by atoms with Gasteiger partial charge in [-0.2, -0.15) is 0 Å². The first-order chi connectivity index (χ1) is 16.2. The molecule has 0 atom stereocenters. The molecule has 5 aromatic rings. The molecule has 3 nitrogen and oxygen atoms in total. The Balaban J connectivity index is 1.52. The number of aryl methyl sites for hydroxylation is 1. The first kappa shape index (κ1) is 21.1. The minimum atomic E-state index is -0.100. The van der Waals surface area contributed by atoms with Gasteiger partial charge in [0.2, 0.25) is 0 Å². The van der Waals surface area contributed by atoms with E-state index in [-0.39, 0.29) is 13.2 Å². The number of rotatable bonds is 5. The summed E-state index contributed by atoms with van der Waals surface area (Å²) >= 11 is 0. The third-order valence-electron chi connectivity index (χ3n) is 6.17. The fourth-order valence-corrected chi connectivity index (χ4v) is 4.35. The molecule has 0 aliphatic rings. The SMILES string of the molecule is Cc1nc(-c2cccc(-c3ccc(-c4ccccc4)cc3)c2)cc2cc(CO)c(CO)cc12. The van der Waals surface area contributed by atoms with E-state index in [4.69, 9.17) is 4.98 Å². The van der Waals surface area contributed by atoms with Crippen LogP contribution in [0.5, 0.6) is 0 Å². The van der Waals surface area contributed by atoms with Crippen molar-refractivity contribution in [1.29, 1.82) is 0 Å². The second-order valence-electron chi connectivity index (χ2n) is 8.28. The quantitative estimate of drug-likeness (QED) is 0.333. The maximum Gasteiger partial charge on any atom is 0.0711 e. The summed E-state index contributed by atoms with van der Waals surface area (Å²) in [7, 11) is 0. The molecule has 2 N–H and O–H groups in total. The number of benzene rings is 4. The standard InChI is InChI=1S/C30H25NO2/c1-20-29-16-28(19-33)27(18-32)15-26(29)17-30(31-20)25-9-5-8-24(14-25)23-12-10-22(11-13-23)21-6-3-2-4-7-21/h2-17,32-33H,18-19H2,1H3. The summed E-state index contributed by atoms with van der Waals surface area (Å²) in [6, 6.07) is 33.4. The molecule has 33 heavy (non-hydrogen) atoms. The molecule has 0 bridgehead atoms. The van der Waals surface area contributed by atoms with Gasteiger partial charge in [0.05, 0.1) is 18.9 Å². The van der Waals surface area contributed by atoms with E-state index < -0.39 is 0 Å². The average molecular weight is 432 g/mol. The minimum absolute atomic E-state index is 0.0991. The Morgan fingerprint density at radius 1 is 0.576 bits per heavy atom. The Kier molecular flexibility index (Phi) is 5.74. The highest BCUT2D eigenvalue weighted by Crippen LogP contribution is 2.31. The summed E-state index contributed by atoms with van der Waals surface area (Å²) in [4.78, 5) is 4.85.